The Morgan fingerprint density at radius 2 is 2.03 bits per heavy atom. The van der Waals surface area contributed by atoms with Gasteiger partial charge in [0.15, 0.2) is 11.5 Å². The summed E-state index contributed by atoms with van der Waals surface area (Å²) in [5, 5.41) is 5.25. The van der Waals surface area contributed by atoms with E-state index in [2.05, 4.69) is 34.7 Å². The molecule has 32 heavy (non-hydrogen) atoms. The van der Waals surface area contributed by atoms with Gasteiger partial charge in [0.25, 0.3) is 0 Å². The normalized spacial score (nSPS) is 22.3. The van der Waals surface area contributed by atoms with Crippen molar-refractivity contribution >= 4 is 28.8 Å². The van der Waals surface area contributed by atoms with E-state index in [0.717, 1.165) is 24.7 Å². The minimum Gasteiger partial charge on any atom is -0.454 e. The number of anilines is 1. The predicted octanol–water partition coefficient (Wildman–Crippen LogP) is 3.42. The molecule has 1 aromatic carbocycles. The lowest BCUT2D eigenvalue weighted by molar-refractivity contribution is -0.126. The summed E-state index contributed by atoms with van der Waals surface area (Å²) < 4.78 is 10.8. The first-order valence-electron chi connectivity index (χ1n) is 11.3. The molecule has 0 bridgehead atoms. The first-order valence-corrected chi connectivity index (χ1v) is 12.2. The monoisotopic (exact) mass is 455 g/mol. The number of likely N-dealkylation sites (tertiary alicyclic amines) is 1. The molecule has 0 spiro atoms. The Hall–Kier alpha value is -2.58. The second-order valence-corrected chi connectivity index (χ2v) is 9.92. The van der Waals surface area contributed by atoms with Gasteiger partial charge in [0.2, 0.25) is 18.6 Å². The number of nitrogens with zero attached hydrogens (tertiary/aromatic N) is 2. The molecule has 2 aromatic rings. The number of piperidine rings is 1. The van der Waals surface area contributed by atoms with Gasteiger partial charge in [0.1, 0.15) is 0 Å². The molecule has 2 saturated heterocycles. The number of hydrogen-bond donors (Lipinski definition) is 1. The van der Waals surface area contributed by atoms with Crippen LogP contribution in [0.5, 0.6) is 11.5 Å². The van der Waals surface area contributed by atoms with Crippen molar-refractivity contribution < 1.29 is 19.1 Å². The van der Waals surface area contributed by atoms with Crippen molar-refractivity contribution in [3.63, 3.8) is 0 Å². The lowest BCUT2D eigenvalue weighted by Crippen LogP contribution is -2.43. The van der Waals surface area contributed by atoms with Gasteiger partial charge >= 0.3 is 0 Å². The zero-order valence-electron chi connectivity index (χ0n) is 18.3. The Morgan fingerprint density at radius 1 is 1.22 bits per heavy atom. The van der Waals surface area contributed by atoms with E-state index in [0.29, 0.717) is 24.6 Å². The number of fused-ring (bicyclic) bond motifs is 1. The molecule has 0 radical (unpaired) electrons. The zero-order valence-corrected chi connectivity index (χ0v) is 19.1. The molecule has 8 heteroatoms. The fourth-order valence-corrected chi connectivity index (χ4v) is 5.62. The second-order valence-electron chi connectivity index (χ2n) is 8.94. The molecular formula is C24H29N3O4S. The van der Waals surface area contributed by atoms with E-state index >= 15 is 0 Å². The van der Waals surface area contributed by atoms with E-state index in [1.54, 1.807) is 16.2 Å². The number of ether oxygens (including phenoxy) is 2. The first kappa shape index (κ1) is 21.3. The Balaban J connectivity index is 1.22. The number of carbonyl (C=O) groups is 2. The summed E-state index contributed by atoms with van der Waals surface area (Å²) in [5.41, 5.74) is 0.744. The molecule has 0 saturated carbocycles. The van der Waals surface area contributed by atoms with Crippen molar-refractivity contribution in [3.05, 3.63) is 40.6 Å². The highest BCUT2D eigenvalue weighted by molar-refractivity contribution is 7.10. The van der Waals surface area contributed by atoms with Gasteiger partial charge in [0, 0.05) is 36.1 Å². The van der Waals surface area contributed by atoms with Crippen LogP contribution in [-0.2, 0) is 9.59 Å². The van der Waals surface area contributed by atoms with Crippen molar-refractivity contribution in [1.82, 2.24) is 10.2 Å². The Morgan fingerprint density at radius 3 is 2.81 bits per heavy atom. The molecule has 4 heterocycles. The van der Waals surface area contributed by atoms with Gasteiger partial charge in [-0.1, -0.05) is 13.0 Å². The number of amides is 2. The minimum atomic E-state index is -0.349. The van der Waals surface area contributed by atoms with E-state index in [4.69, 9.17) is 9.47 Å². The molecule has 1 aromatic heterocycles. The molecule has 170 valence electrons. The summed E-state index contributed by atoms with van der Waals surface area (Å²) in [7, 11) is 0. The number of hydrogen-bond acceptors (Lipinski definition) is 6. The largest absolute Gasteiger partial charge is 0.454 e. The molecule has 7 nitrogen and oxygen atoms in total. The zero-order chi connectivity index (χ0) is 22.1. The number of rotatable bonds is 6. The molecule has 2 amide bonds. The van der Waals surface area contributed by atoms with Crippen molar-refractivity contribution in [1.29, 1.82) is 0 Å². The fourth-order valence-electron chi connectivity index (χ4n) is 4.76. The first-order chi connectivity index (χ1) is 15.6. The molecule has 1 N–H and O–H groups in total. The number of thiophene rings is 1. The van der Waals surface area contributed by atoms with Crippen LogP contribution < -0.4 is 19.7 Å². The Kier molecular flexibility index (Phi) is 6.06. The molecule has 0 aliphatic carbocycles. The number of benzene rings is 1. The van der Waals surface area contributed by atoms with Crippen LogP contribution in [0.3, 0.4) is 0 Å². The highest BCUT2D eigenvalue weighted by atomic mass is 32.1. The van der Waals surface area contributed by atoms with Crippen LogP contribution >= 0.6 is 11.3 Å². The van der Waals surface area contributed by atoms with Gasteiger partial charge in [-0.25, -0.2) is 0 Å². The van der Waals surface area contributed by atoms with Crippen molar-refractivity contribution in [2.75, 3.05) is 37.9 Å². The maximum absolute atomic E-state index is 13.0. The van der Waals surface area contributed by atoms with Crippen molar-refractivity contribution in [2.45, 2.75) is 32.2 Å². The number of carbonyl (C=O) groups excluding carboxylic acids is 2. The summed E-state index contributed by atoms with van der Waals surface area (Å²) in [6.07, 6.45) is 2.61. The quantitative estimate of drug-likeness (QED) is 0.723. The fraction of sp³-hybridized carbons (Fsp3) is 0.500. The van der Waals surface area contributed by atoms with E-state index in [1.165, 1.54) is 17.7 Å². The molecular weight excluding hydrogens is 426 g/mol. The average molecular weight is 456 g/mol. The summed E-state index contributed by atoms with van der Waals surface area (Å²) >= 11 is 1.74. The van der Waals surface area contributed by atoms with Crippen LogP contribution in [0.4, 0.5) is 5.69 Å². The van der Waals surface area contributed by atoms with E-state index < -0.39 is 0 Å². The summed E-state index contributed by atoms with van der Waals surface area (Å²) in [6.45, 7) is 5.57. The van der Waals surface area contributed by atoms with Crippen LogP contribution in [0, 0.1) is 11.8 Å². The van der Waals surface area contributed by atoms with Crippen LogP contribution in [0.2, 0.25) is 0 Å². The molecule has 2 atom stereocenters. The van der Waals surface area contributed by atoms with Gasteiger partial charge in [-0.3, -0.25) is 14.5 Å². The molecule has 5 rings (SSSR count). The van der Waals surface area contributed by atoms with Gasteiger partial charge in [0.05, 0.1) is 12.0 Å². The van der Waals surface area contributed by atoms with E-state index in [1.807, 2.05) is 18.2 Å². The summed E-state index contributed by atoms with van der Waals surface area (Å²) in [5.74, 6) is 1.64. The highest BCUT2D eigenvalue weighted by Crippen LogP contribution is 2.37. The molecule has 3 aliphatic heterocycles. The third kappa shape index (κ3) is 4.34. The van der Waals surface area contributed by atoms with Gasteiger partial charge in [-0.15, -0.1) is 11.3 Å². The van der Waals surface area contributed by atoms with Gasteiger partial charge in [-0.2, -0.15) is 0 Å². The highest BCUT2D eigenvalue weighted by Gasteiger charge is 2.36. The topological polar surface area (TPSA) is 71.1 Å². The predicted molar refractivity (Wildman–Crippen MR) is 123 cm³/mol. The maximum Gasteiger partial charge on any atom is 0.231 e. The summed E-state index contributed by atoms with van der Waals surface area (Å²) in [4.78, 5) is 31.1. The smallest absolute Gasteiger partial charge is 0.231 e. The van der Waals surface area contributed by atoms with E-state index in [9.17, 15) is 9.59 Å². The standard InChI is InChI=1S/C24H29N3O4S/c1-16-6-8-26(9-7-16)19(22-3-2-10-32-22)13-25-24(29)17-11-23(28)27(14-17)18-4-5-20-21(12-18)31-15-30-20/h2-5,10,12,16-17,19H,6-9,11,13-15H2,1H3,(H,25,29). The van der Waals surface area contributed by atoms with Crippen LogP contribution in [0.25, 0.3) is 0 Å². The lowest BCUT2D eigenvalue weighted by Gasteiger charge is -2.36. The minimum absolute atomic E-state index is 0.0381. The third-order valence-corrected chi connectivity index (χ3v) is 7.74. The van der Waals surface area contributed by atoms with Crippen molar-refractivity contribution in [3.8, 4) is 11.5 Å². The second kappa shape index (κ2) is 9.11. The van der Waals surface area contributed by atoms with Gasteiger partial charge < -0.3 is 19.7 Å². The third-order valence-electron chi connectivity index (χ3n) is 6.76. The number of nitrogens with one attached hydrogen (secondary N) is 1. The molecule has 2 fully saturated rings. The van der Waals surface area contributed by atoms with Crippen molar-refractivity contribution in [2.24, 2.45) is 11.8 Å². The molecule has 3 aliphatic rings. The van der Waals surface area contributed by atoms with Crippen LogP contribution in [0.15, 0.2) is 35.7 Å². The van der Waals surface area contributed by atoms with Gasteiger partial charge in [-0.05, 0) is 55.4 Å². The average Bonchev–Trinajstić information content (AvgIpc) is 3.55. The summed E-state index contributed by atoms with van der Waals surface area (Å²) in [6, 6.07) is 9.87. The van der Waals surface area contributed by atoms with Crippen LogP contribution in [0.1, 0.15) is 37.1 Å². The Labute approximate surface area is 192 Å². The SMILES string of the molecule is CC1CCN(C(CNC(=O)C2CC(=O)N(c3ccc4c(c3)OCO4)C2)c2cccs2)CC1. The Bertz CT molecular complexity index is 972. The van der Waals surface area contributed by atoms with E-state index in [-0.39, 0.29) is 37.0 Å². The maximum atomic E-state index is 13.0. The molecule has 2 unspecified atom stereocenters. The lowest BCUT2D eigenvalue weighted by atomic mass is 9.97. The van der Waals surface area contributed by atoms with Crippen LogP contribution in [-0.4, -0.2) is 49.7 Å².